The summed E-state index contributed by atoms with van der Waals surface area (Å²) in [5.74, 6) is 1.30. The molecule has 0 N–H and O–H groups in total. The van der Waals surface area contributed by atoms with E-state index in [4.69, 9.17) is 10.00 Å². The van der Waals surface area contributed by atoms with Crippen LogP contribution in [0.15, 0.2) is 24.3 Å². The van der Waals surface area contributed by atoms with Crippen molar-refractivity contribution in [2.75, 3.05) is 0 Å². The van der Waals surface area contributed by atoms with Gasteiger partial charge in [-0.15, -0.1) is 0 Å². The van der Waals surface area contributed by atoms with Crippen molar-refractivity contribution in [3.8, 4) is 11.8 Å². The lowest BCUT2D eigenvalue weighted by Crippen LogP contribution is -2.10. The van der Waals surface area contributed by atoms with Gasteiger partial charge in [0.25, 0.3) is 0 Å². The third-order valence-electron chi connectivity index (χ3n) is 2.55. The van der Waals surface area contributed by atoms with Crippen molar-refractivity contribution in [3.05, 3.63) is 29.8 Å². The largest absolute Gasteiger partial charge is 0.476 e. The maximum atomic E-state index is 8.71. The topological polar surface area (TPSA) is 33.0 Å². The minimum atomic E-state index is -0.393. The van der Waals surface area contributed by atoms with Crippen molar-refractivity contribution in [2.24, 2.45) is 0 Å². The highest BCUT2D eigenvalue weighted by molar-refractivity contribution is 5.36. The van der Waals surface area contributed by atoms with E-state index in [1.807, 2.05) is 18.2 Å². The number of rotatable bonds is 4. The molecule has 0 saturated carbocycles. The molecule has 0 saturated heterocycles. The number of benzene rings is 1. The van der Waals surface area contributed by atoms with Gasteiger partial charge in [0.1, 0.15) is 11.8 Å². The van der Waals surface area contributed by atoms with Gasteiger partial charge in [-0.2, -0.15) is 5.26 Å². The fourth-order valence-corrected chi connectivity index (χ4v) is 1.43. The molecular weight excluding hydrogens is 186 g/mol. The first-order valence-corrected chi connectivity index (χ1v) is 5.34. The molecule has 0 aliphatic rings. The zero-order valence-electron chi connectivity index (χ0n) is 9.53. The molecule has 15 heavy (non-hydrogen) atoms. The van der Waals surface area contributed by atoms with E-state index in [0.717, 1.165) is 12.2 Å². The van der Waals surface area contributed by atoms with E-state index in [9.17, 15) is 0 Å². The molecule has 1 aromatic rings. The number of hydrogen-bond acceptors (Lipinski definition) is 2. The van der Waals surface area contributed by atoms with Crippen LogP contribution in [0.3, 0.4) is 0 Å². The third-order valence-corrected chi connectivity index (χ3v) is 2.55. The van der Waals surface area contributed by atoms with Gasteiger partial charge in [-0.1, -0.05) is 32.0 Å². The molecule has 80 valence electrons. The van der Waals surface area contributed by atoms with Crippen LogP contribution in [0.5, 0.6) is 5.75 Å². The molecule has 0 aliphatic heterocycles. The summed E-state index contributed by atoms with van der Waals surface area (Å²) in [7, 11) is 0. The van der Waals surface area contributed by atoms with Gasteiger partial charge in [-0.25, -0.2) is 0 Å². The molecule has 2 atom stereocenters. The van der Waals surface area contributed by atoms with Crippen molar-refractivity contribution in [3.63, 3.8) is 0 Å². The summed E-state index contributed by atoms with van der Waals surface area (Å²) in [6, 6.07) is 10.0. The van der Waals surface area contributed by atoms with Gasteiger partial charge in [0, 0.05) is 0 Å². The maximum absolute atomic E-state index is 8.71. The molecule has 0 heterocycles. The summed E-state index contributed by atoms with van der Waals surface area (Å²) in [6.45, 7) is 6.07. The predicted molar refractivity (Wildman–Crippen MR) is 60.9 cm³/mol. The first-order chi connectivity index (χ1) is 7.19. The van der Waals surface area contributed by atoms with Gasteiger partial charge in [0.05, 0.1) is 0 Å². The highest BCUT2D eigenvalue weighted by Crippen LogP contribution is 2.28. The molecule has 1 aromatic carbocycles. The molecule has 2 nitrogen and oxygen atoms in total. The standard InChI is InChI=1S/C13H17NO/c1-4-10(2)12-7-5-6-8-13(12)15-11(3)9-14/h5-8,10-11H,4H2,1-3H3. The highest BCUT2D eigenvalue weighted by Gasteiger charge is 2.11. The zero-order chi connectivity index (χ0) is 11.3. The van der Waals surface area contributed by atoms with Crippen LogP contribution in [0.1, 0.15) is 38.7 Å². The van der Waals surface area contributed by atoms with Crippen LogP contribution >= 0.6 is 0 Å². The molecule has 0 spiro atoms. The Morgan fingerprint density at radius 1 is 1.33 bits per heavy atom. The van der Waals surface area contributed by atoms with E-state index in [1.165, 1.54) is 5.56 Å². The summed E-state index contributed by atoms with van der Waals surface area (Å²) in [4.78, 5) is 0. The van der Waals surface area contributed by atoms with Crippen LogP contribution < -0.4 is 4.74 Å². The molecule has 0 amide bonds. The monoisotopic (exact) mass is 203 g/mol. The fourth-order valence-electron chi connectivity index (χ4n) is 1.43. The van der Waals surface area contributed by atoms with Crippen molar-refractivity contribution >= 4 is 0 Å². The Labute approximate surface area is 91.5 Å². The zero-order valence-corrected chi connectivity index (χ0v) is 9.53. The van der Waals surface area contributed by atoms with Crippen LogP contribution in [-0.2, 0) is 0 Å². The van der Waals surface area contributed by atoms with Crippen LogP contribution in [-0.4, -0.2) is 6.10 Å². The Bertz CT molecular complexity index is 354. The lowest BCUT2D eigenvalue weighted by molar-refractivity contribution is 0.272. The van der Waals surface area contributed by atoms with Crippen LogP contribution in [0.25, 0.3) is 0 Å². The third kappa shape index (κ3) is 2.99. The Kier molecular flexibility index (Phi) is 4.17. The van der Waals surface area contributed by atoms with Crippen LogP contribution in [0.4, 0.5) is 0 Å². The quantitative estimate of drug-likeness (QED) is 0.750. The van der Waals surface area contributed by atoms with Crippen molar-refractivity contribution in [1.29, 1.82) is 5.26 Å². The summed E-state index contributed by atoms with van der Waals surface area (Å²) >= 11 is 0. The van der Waals surface area contributed by atoms with Crippen LogP contribution in [0.2, 0.25) is 0 Å². The average Bonchev–Trinajstić information content (AvgIpc) is 2.28. The number of ether oxygens (including phenoxy) is 1. The minimum absolute atomic E-state index is 0.393. The van der Waals surface area contributed by atoms with Crippen molar-refractivity contribution < 1.29 is 4.74 Å². The molecule has 0 fully saturated rings. The molecule has 0 radical (unpaired) electrons. The summed E-state index contributed by atoms with van der Waals surface area (Å²) in [6.07, 6.45) is 0.677. The SMILES string of the molecule is CCC(C)c1ccccc1OC(C)C#N. The van der Waals surface area contributed by atoms with Gasteiger partial charge in [0.2, 0.25) is 0 Å². The number of para-hydroxylation sites is 1. The number of nitriles is 1. The van der Waals surface area contributed by atoms with Gasteiger partial charge in [-0.3, -0.25) is 0 Å². The first kappa shape index (κ1) is 11.6. The normalized spacial score (nSPS) is 14.0. The Morgan fingerprint density at radius 2 is 2.00 bits per heavy atom. The second kappa shape index (κ2) is 5.41. The number of nitrogens with zero attached hydrogens (tertiary/aromatic N) is 1. The summed E-state index contributed by atoms with van der Waals surface area (Å²) < 4.78 is 5.56. The molecule has 1 rings (SSSR count). The lowest BCUT2D eigenvalue weighted by atomic mass is 9.98. The van der Waals surface area contributed by atoms with Gasteiger partial charge in [-0.05, 0) is 30.9 Å². The van der Waals surface area contributed by atoms with Gasteiger partial charge in [0.15, 0.2) is 6.10 Å². The second-order valence-electron chi connectivity index (χ2n) is 3.74. The Morgan fingerprint density at radius 3 is 2.60 bits per heavy atom. The van der Waals surface area contributed by atoms with E-state index in [0.29, 0.717) is 5.92 Å². The van der Waals surface area contributed by atoms with E-state index >= 15 is 0 Å². The molecule has 2 heteroatoms. The Balaban J connectivity index is 2.92. The second-order valence-corrected chi connectivity index (χ2v) is 3.74. The molecular formula is C13H17NO. The smallest absolute Gasteiger partial charge is 0.181 e. The molecule has 2 unspecified atom stereocenters. The van der Waals surface area contributed by atoms with E-state index in [-0.39, 0.29) is 0 Å². The maximum Gasteiger partial charge on any atom is 0.181 e. The highest BCUT2D eigenvalue weighted by atomic mass is 16.5. The molecule has 0 aromatic heterocycles. The van der Waals surface area contributed by atoms with Crippen molar-refractivity contribution in [2.45, 2.75) is 39.2 Å². The van der Waals surface area contributed by atoms with Gasteiger partial charge >= 0.3 is 0 Å². The van der Waals surface area contributed by atoms with E-state index in [1.54, 1.807) is 6.92 Å². The van der Waals surface area contributed by atoms with Crippen LogP contribution in [0, 0.1) is 11.3 Å². The van der Waals surface area contributed by atoms with Crippen molar-refractivity contribution in [1.82, 2.24) is 0 Å². The van der Waals surface area contributed by atoms with E-state index in [2.05, 4.69) is 26.0 Å². The lowest BCUT2D eigenvalue weighted by Gasteiger charge is -2.16. The summed E-state index contributed by atoms with van der Waals surface area (Å²) in [5.41, 5.74) is 1.18. The average molecular weight is 203 g/mol. The fraction of sp³-hybridized carbons (Fsp3) is 0.462. The molecule has 0 bridgehead atoms. The number of hydrogen-bond donors (Lipinski definition) is 0. The van der Waals surface area contributed by atoms with Gasteiger partial charge < -0.3 is 4.74 Å². The summed E-state index contributed by atoms with van der Waals surface area (Å²) in [5, 5.41) is 8.71. The Hall–Kier alpha value is -1.49. The molecule has 0 aliphatic carbocycles. The predicted octanol–water partition coefficient (Wildman–Crippen LogP) is 3.49. The first-order valence-electron chi connectivity index (χ1n) is 5.34. The minimum Gasteiger partial charge on any atom is -0.476 e. The van der Waals surface area contributed by atoms with E-state index < -0.39 is 6.10 Å².